The number of benzene rings is 1. The van der Waals surface area contributed by atoms with Crippen LogP contribution in [0.1, 0.15) is 41.3 Å². The van der Waals surface area contributed by atoms with Crippen molar-refractivity contribution in [2.45, 2.75) is 44.0 Å². The van der Waals surface area contributed by atoms with Crippen molar-refractivity contribution in [2.75, 3.05) is 18.0 Å². The zero-order valence-corrected chi connectivity index (χ0v) is 20.4. The summed E-state index contributed by atoms with van der Waals surface area (Å²) in [5, 5.41) is 10.9. The number of thiophene rings is 1. The molecule has 166 valence electrons. The number of fused-ring (bicyclic) bond motifs is 1. The lowest BCUT2D eigenvalue weighted by molar-refractivity contribution is 0.834. The normalized spacial score (nSPS) is 15.1. The average molecular weight is 487 g/mol. The van der Waals surface area contributed by atoms with Gasteiger partial charge in [0.15, 0.2) is 5.16 Å². The molecule has 0 amide bonds. The monoisotopic (exact) mass is 486 g/mol. The van der Waals surface area contributed by atoms with Gasteiger partial charge >= 0.3 is 0 Å². The zero-order chi connectivity index (χ0) is 22.4. The summed E-state index contributed by atoms with van der Waals surface area (Å²) in [5.41, 5.74) is 1.75. The summed E-state index contributed by atoms with van der Waals surface area (Å²) < 4.78 is 2.02. The van der Waals surface area contributed by atoms with Gasteiger partial charge in [-0.3, -0.25) is 9.36 Å². The van der Waals surface area contributed by atoms with E-state index in [1.165, 1.54) is 11.8 Å². The van der Waals surface area contributed by atoms with Gasteiger partial charge in [-0.15, -0.1) is 21.5 Å². The lowest BCUT2D eigenvalue weighted by Gasteiger charge is -2.19. The Balaban J connectivity index is 1.55. The van der Waals surface area contributed by atoms with E-state index in [9.17, 15) is 4.79 Å². The Morgan fingerprint density at radius 3 is 2.69 bits per heavy atom. The van der Waals surface area contributed by atoms with Gasteiger partial charge in [0.2, 0.25) is 5.95 Å². The number of aromatic nitrogens is 5. The maximum atomic E-state index is 12.7. The molecule has 0 aliphatic carbocycles. The Bertz CT molecular complexity index is 1350. The number of nitrogens with one attached hydrogen (secondary N) is 1. The summed E-state index contributed by atoms with van der Waals surface area (Å²) in [4.78, 5) is 24.6. The molecule has 1 aliphatic heterocycles. The number of aromatic amines is 1. The fraction of sp³-hybridized carbons (Fsp3) is 0.364. The first-order valence-electron chi connectivity index (χ1n) is 10.6. The number of anilines is 1. The first-order chi connectivity index (χ1) is 15.4. The number of halogens is 1. The molecule has 1 atom stereocenters. The van der Waals surface area contributed by atoms with Gasteiger partial charge in [0.1, 0.15) is 10.7 Å². The van der Waals surface area contributed by atoms with Gasteiger partial charge in [0.05, 0.1) is 21.3 Å². The van der Waals surface area contributed by atoms with Crippen LogP contribution in [-0.4, -0.2) is 37.8 Å². The Labute approximate surface area is 198 Å². The van der Waals surface area contributed by atoms with Crippen LogP contribution in [0.25, 0.3) is 15.9 Å². The molecule has 1 unspecified atom stereocenters. The molecule has 0 spiro atoms. The number of hydrogen-bond acceptors (Lipinski definition) is 7. The molecule has 0 bridgehead atoms. The lowest BCUT2D eigenvalue weighted by Crippen LogP contribution is -2.22. The van der Waals surface area contributed by atoms with Crippen LogP contribution in [0.15, 0.2) is 34.2 Å². The second kappa shape index (κ2) is 8.53. The van der Waals surface area contributed by atoms with E-state index in [2.05, 4.69) is 20.1 Å². The number of nitrogens with zero attached hydrogens (tertiary/aromatic N) is 5. The minimum atomic E-state index is -0.133. The predicted molar refractivity (Wildman–Crippen MR) is 132 cm³/mol. The number of para-hydroxylation sites is 1. The van der Waals surface area contributed by atoms with Crippen molar-refractivity contribution in [3.8, 4) is 5.69 Å². The molecular weight excluding hydrogens is 464 g/mol. The Morgan fingerprint density at radius 1 is 1.19 bits per heavy atom. The largest absolute Gasteiger partial charge is 0.341 e. The van der Waals surface area contributed by atoms with Crippen molar-refractivity contribution in [1.82, 2.24) is 24.7 Å². The number of H-pyrrole nitrogens is 1. The van der Waals surface area contributed by atoms with Crippen molar-refractivity contribution >= 4 is 50.9 Å². The second-order valence-corrected chi connectivity index (χ2v) is 10.9. The highest BCUT2D eigenvalue weighted by molar-refractivity contribution is 7.99. The van der Waals surface area contributed by atoms with Crippen molar-refractivity contribution in [3.05, 3.63) is 55.9 Å². The van der Waals surface area contributed by atoms with Crippen LogP contribution < -0.4 is 10.5 Å². The fourth-order valence-corrected chi connectivity index (χ4v) is 6.15. The third kappa shape index (κ3) is 3.72. The molecule has 0 saturated carbocycles. The van der Waals surface area contributed by atoms with Crippen LogP contribution in [0.5, 0.6) is 0 Å². The molecule has 1 aliphatic rings. The van der Waals surface area contributed by atoms with E-state index in [1.807, 2.05) is 49.6 Å². The number of rotatable bonds is 5. The molecule has 1 saturated heterocycles. The molecule has 5 rings (SSSR count). The van der Waals surface area contributed by atoms with Crippen molar-refractivity contribution < 1.29 is 0 Å². The van der Waals surface area contributed by atoms with Crippen molar-refractivity contribution in [1.29, 1.82) is 0 Å². The van der Waals surface area contributed by atoms with Crippen LogP contribution in [0.2, 0.25) is 5.02 Å². The third-order valence-corrected chi connectivity index (χ3v) is 8.30. The smallest absolute Gasteiger partial charge is 0.259 e. The minimum Gasteiger partial charge on any atom is -0.341 e. The summed E-state index contributed by atoms with van der Waals surface area (Å²) in [6, 6.07) is 7.72. The molecule has 32 heavy (non-hydrogen) atoms. The number of aryl methyl sites for hydroxylation is 2. The first-order valence-corrected chi connectivity index (χ1v) is 12.6. The van der Waals surface area contributed by atoms with Gasteiger partial charge in [-0.05, 0) is 51.3 Å². The average Bonchev–Trinajstić information content (AvgIpc) is 3.49. The molecule has 0 radical (unpaired) electrons. The van der Waals surface area contributed by atoms with Crippen LogP contribution in [0.3, 0.4) is 0 Å². The van der Waals surface area contributed by atoms with Crippen molar-refractivity contribution in [3.63, 3.8) is 0 Å². The number of thioether (sulfide) groups is 1. The topological polar surface area (TPSA) is 79.7 Å². The van der Waals surface area contributed by atoms with E-state index in [4.69, 9.17) is 16.6 Å². The number of hydrogen-bond donors (Lipinski definition) is 1. The van der Waals surface area contributed by atoms with E-state index in [-0.39, 0.29) is 10.8 Å². The maximum Gasteiger partial charge on any atom is 0.259 e. The van der Waals surface area contributed by atoms with E-state index in [0.29, 0.717) is 21.4 Å². The van der Waals surface area contributed by atoms with Gasteiger partial charge in [0.25, 0.3) is 5.56 Å². The lowest BCUT2D eigenvalue weighted by atomic mass is 10.2. The summed E-state index contributed by atoms with van der Waals surface area (Å²) >= 11 is 9.63. The quantitative estimate of drug-likeness (QED) is 0.386. The summed E-state index contributed by atoms with van der Waals surface area (Å²) in [6.45, 7) is 7.90. The van der Waals surface area contributed by atoms with Crippen LogP contribution in [0, 0.1) is 13.8 Å². The van der Waals surface area contributed by atoms with E-state index in [1.54, 1.807) is 11.3 Å². The van der Waals surface area contributed by atoms with Gasteiger partial charge in [0, 0.05) is 18.0 Å². The van der Waals surface area contributed by atoms with Gasteiger partial charge in [-0.1, -0.05) is 35.5 Å². The predicted octanol–water partition coefficient (Wildman–Crippen LogP) is 5.29. The second-order valence-electron chi connectivity index (χ2n) is 7.94. The fourth-order valence-electron chi connectivity index (χ4n) is 3.98. The zero-order valence-electron chi connectivity index (χ0n) is 18.1. The van der Waals surface area contributed by atoms with Crippen LogP contribution in [0.4, 0.5) is 5.95 Å². The molecule has 1 N–H and O–H groups in total. The van der Waals surface area contributed by atoms with E-state index in [0.717, 1.165) is 52.8 Å². The highest BCUT2D eigenvalue weighted by Crippen LogP contribution is 2.38. The Kier molecular flexibility index (Phi) is 5.73. The molecule has 1 aromatic carbocycles. The minimum absolute atomic E-state index is 0.0929. The molecule has 4 aromatic rings. The van der Waals surface area contributed by atoms with Crippen LogP contribution >= 0.6 is 34.7 Å². The molecule has 1 fully saturated rings. The highest BCUT2D eigenvalue weighted by atomic mass is 35.5. The summed E-state index contributed by atoms with van der Waals surface area (Å²) in [7, 11) is 0. The third-order valence-electron chi connectivity index (χ3n) is 5.82. The first kappa shape index (κ1) is 21.5. The van der Waals surface area contributed by atoms with Crippen molar-refractivity contribution in [2.24, 2.45) is 0 Å². The van der Waals surface area contributed by atoms with E-state index < -0.39 is 0 Å². The molecule has 10 heteroatoms. The standard InChI is InChI=1S/C22H23ClN6OS2/c1-12-13(2)31-20-17(12)19(30)24-18(25-20)14(3)32-22-27-26-21(28-10-6-7-11-28)29(22)16-9-5-4-8-15(16)23/h4-5,8-9,14H,6-7,10-11H2,1-3H3,(H,24,25,30). The molecular formula is C22H23ClN6OS2. The van der Waals surface area contributed by atoms with Gasteiger partial charge in [-0.2, -0.15) is 0 Å². The summed E-state index contributed by atoms with van der Waals surface area (Å²) in [5.74, 6) is 1.43. The highest BCUT2D eigenvalue weighted by Gasteiger charge is 2.25. The maximum absolute atomic E-state index is 12.7. The van der Waals surface area contributed by atoms with Crippen LogP contribution in [-0.2, 0) is 0 Å². The van der Waals surface area contributed by atoms with Gasteiger partial charge < -0.3 is 9.88 Å². The Morgan fingerprint density at radius 2 is 1.94 bits per heavy atom. The molecule has 4 heterocycles. The molecule has 7 nitrogen and oxygen atoms in total. The SMILES string of the molecule is Cc1sc2nc(C(C)Sc3nnc(N4CCCC4)n3-c3ccccc3Cl)[nH]c(=O)c2c1C. The van der Waals surface area contributed by atoms with Gasteiger partial charge in [-0.25, -0.2) is 4.98 Å². The summed E-state index contributed by atoms with van der Waals surface area (Å²) in [6.07, 6.45) is 2.28. The molecule has 3 aromatic heterocycles. The van der Waals surface area contributed by atoms with E-state index >= 15 is 0 Å². The Hall–Kier alpha value is -2.36.